The Hall–Kier alpha value is -0.675. The fraction of sp³-hybridized carbons (Fsp3) is 0.538. The van der Waals surface area contributed by atoms with E-state index in [2.05, 4.69) is 4.72 Å². The molecule has 0 saturated heterocycles. The average molecular weight is 267 g/mol. The normalized spacial score (nSPS) is 15.4. The second-order valence-corrected chi connectivity index (χ2v) is 7.40. The van der Waals surface area contributed by atoms with Gasteiger partial charge in [-0.25, -0.2) is 13.3 Å². The summed E-state index contributed by atoms with van der Waals surface area (Å²) in [5.74, 6) is -0.400. The molecule has 0 amide bonds. The highest BCUT2D eigenvalue weighted by Crippen LogP contribution is 2.20. The maximum atomic E-state index is 13.7. The molecule has 2 radical (unpaired) electrons. The monoisotopic (exact) mass is 267 g/mol. The van der Waals surface area contributed by atoms with Gasteiger partial charge in [-0.1, -0.05) is 17.6 Å². The van der Waals surface area contributed by atoms with Gasteiger partial charge in [-0.3, -0.25) is 0 Å². The Balaban J connectivity index is 2.96. The van der Waals surface area contributed by atoms with Crippen molar-refractivity contribution < 1.29 is 8.60 Å². The number of hydrogen-bond acceptors (Lipinski definition) is 1. The molecule has 0 aromatic heterocycles. The third kappa shape index (κ3) is 3.42. The van der Waals surface area contributed by atoms with Crippen molar-refractivity contribution in [1.82, 2.24) is 4.72 Å². The van der Waals surface area contributed by atoms with Crippen molar-refractivity contribution in [3.63, 3.8) is 0 Å². The Morgan fingerprint density at radius 3 is 2.44 bits per heavy atom. The molecule has 0 aliphatic heterocycles. The minimum Gasteiger partial charge on any atom is -0.242 e. The average Bonchev–Trinajstić information content (AvgIpc) is 2.24. The zero-order chi connectivity index (χ0) is 14.1. The highest BCUT2D eigenvalue weighted by atomic mass is 32.2. The molecular formula is C13H19BFNOS. The highest BCUT2D eigenvalue weighted by molar-refractivity contribution is 7.84. The summed E-state index contributed by atoms with van der Waals surface area (Å²) in [4.78, 5) is 0. The maximum Gasteiger partial charge on any atom is 0.119 e. The van der Waals surface area contributed by atoms with Crippen molar-refractivity contribution in [2.75, 3.05) is 0 Å². The molecule has 0 spiro atoms. The lowest BCUT2D eigenvalue weighted by Crippen LogP contribution is -2.35. The zero-order valence-electron chi connectivity index (χ0n) is 11.5. The van der Waals surface area contributed by atoms with E-state index in [0.717, 1.165) is 5.56 Å². The lowest BCUT2D eigenvalue weighted by molar-refractivity contribution is 0.602. The molecule has 1 unspecified atom stereocenters. The Morgan fingerprint density at radius 2 is 1.94 bits per heavy atom. The summed E-state index contributed by atoms with van der Waals surface area (Å²) in [5.41, 5.74) is 1.42. The van der Waals surface area contributed by atoms with E-state index in [1.54, 1.807) is 13.0 Å². The topological polar surface area (TPSA) is 29.1 Å². The van der Waals surface area contributed by atoms with E-state index in [1.807, 2.05) is 27.7 Å². The van der Waals surface area contributed by atoms with Gasteiger partial charge in [0.1, 0.15) is 13.7 Å². The zero-order valence-corrected chi connectivity index (χ0v) is 12.3. The molecule has 18 heavy (non-hydrogen) atoms. The molecule has 0 bridgehead atoms. The van der Waals surface area contributed by atoms with Gasteiger partial charge in [0, 0.05) is 6.04 Å². The summed E-state index contributed by atoms with van der Waals surface area (Å²) in [6.45, 7) is 9.21. The number of nitrogens with one attached hydrogen (secondary N) is 1. The number of hydrogen-bond donors (Lipinski definition) is 1. The van der Waals surface area contributed by atoms with Crippen LogP contribution in [0, 0.1) is 12.7 Å². The van der Waals surface area contributed by atoms with E-state index in [4.69, 9.17) is 7.85 Å². The van der Waals surface area contributed by atoms with Crippen LogP contribution in [0.3, 0.4) is 0 Å². The predicted molar refractivity (Wildman–Crippen MR) is 76.0 cm³/mol. The van der Waals surface area contributed by atoms with E-state index in [-0.39, 0.29) is 16.3 Å². The van der Waals surface area contributed by atoms with Crippen LogP contribution in [0.25, 0.3) is 0 Å². The quantitative estimate of drug-likeness (QED) is 0.834. The van der Waals surface area contributed by atoms with Gasteiger partial charge in [0.2, 0.25) is 0 Å². The third-order valence-electron chi connectivity index (χ3n) is 2.76. The van der Waals surface area contributed by atoms with Crippen molar-refractivity contribution in [3.8, 4) is 0 Å². The molecule has 5 heteroatoms. The molecule has 98 valence electrons. The largest absolute Gasteiger partial charge is 0.242 e. The minimum absolute atomic E-state index is 0.139. The molecule has 1 aromatic carbocycles. The molecule has 1 rings (SSSR count). The summed E-state index contributed by atoms with van der Waals surface area (Å²) < 4.78 is 28.3. The van der Waals surface area contributed by atoms with Gasteiger partial charge in [-0.2, -0.15) is 0 Å². The highest BCUT2D eigenvalue weighted by Gasteiger charge is 2.22. The van der Waals surface area contributed by atoms with E-state index >= 15 is 0 Å². The van der Waals surface area contributed by atoms with Crippen LogP contribution < -0.4 is 10.2 Å². The molecule has 0 saturated carbocycles. The molecular weight excluding hydrogens is 248 g/mol. The van der Waals surface area contributed by atoms with Gasteiger partial charge in [-0.15, -0.1) is 0 Å². The van der Waals surface area contributed by atoms with Crippen molar-refractivity contribution in [2.24, 2.45) is 0 Å². The lowest BCUT2D eigenvalue weighted by Gasteiger charge is -2.23. The van der Waals surface area contributed by atoms with Crippen LogP contribution in [0.2, 0.25) is 0 Å². The van der Waals surface area contributed by atoms with Gasteiger partial charge in [-0.05, 0) is 45.7 Å². The fourth-order valence-electron chi connectivity index (χ4n) is 1.59. The van der Waals surface area contributed by atoms with Crippen LogP contribution in [-0.4, -0.2) is 16.8 Å². The van der Waals surface area contributed by atoms with E-state index in [1.165, 1.54) is 6.07 Å². The van der Waals surface area contributed by atoms with E-state index < -0.39 is 16.8 Å². The molecule has 0 fully saturated rings. The summed E-state index contributed by atoms with van der Waals surface area (Å²) in [6.07, 6.45) is 0. The molecule has 2 nitrogen and oxygen atoms in total. The molecule has 0 aliphatic carbocycles. The predicted octanol–water partition coefficient (Wildman–Crippen LogP) is 2.04. The molecule has 1 aromatic rings. The maximum absolute atomic E-state index is 13.7. The van der Waals surface area contributed by atoms with Gasteiger partial charge in [0.05, 0.1) is 15.7 Å². The van der Waals surface area contributed by atoms with Crippen molar-refractivity contribution in [1.29, 1.82) is 0 Å². The molecule has 0 heterocycles. The van der Waals surface area contributed by atoms with Crippen LogP contribution in [0.1, 0.15) is 44.9 Å². The minimum atomic E-state index is -1.19. The Labute approximate surface area is 112 Å². The lowest BCUT2D eigenvalue weighted by atomic mass is 9.90. The number of rotatable bonds is 3. The van der Waals surface area contributed by atoms with Crippen molar-refractivity contribution in [3.05, 3.63) is 29.1 Å². The number of benzene rings is 1. The summed E-state index contributed by atoms with van der Waals surface area (Å²) >= 11 is 0. The summed E-state index contributed by atoms with van der Waals surface area (Å²) in [5, 5.41) is 0. The fourth-order valence-corrected chi connectivity index (χ4v) is 2.39. The Kier molecular flexibility index (Phi) is 4.73. The SMILES string of the molecule is [B]c1ccc([C@@H](C)NS(=O)C(C)(C)C)c(C)c1F. The first-order valence-electron chi connectivity index (χ1n) is 5.87. The molecule has 0 aliphatic rings. The van der Waals surface area contributed by atoms with Crippen LogP contribution in [0.5, 0.6) is 0 Å². The van der Waals surface area contributed by atoms with Crippen molar-refractivity contribution in [2.45, 2.75) is 45.4 Å². The second kappa shape index (κ2) is 5.53. The van der Waals surface area contributed by atoms with Gasteiger partial charge in [0.25, 0.3) is 0 Å². The van der Waals surface area contributed by atoms with Gasteiger partial charge >= 0.3 is 0 Å². The van der Waals surface area contributed by atoms with Gasteiger partial charge in [0.15, 0.2) is 0 Å². The Morgan fingerprint density at radius 1 is 1.39 bits per heavy atom. The third-order valence-corrected chi connectivity index (χ3v) is 4.44. The van der Waals surface area contributed by atoms with E-state index in [0.29, 0.717) is 5.56 Å². The smallest absolute Gasteiger partial charge is 0.119 e. The first kappa shape index (κ1) is 15.4. The Bertz CT molecular complexity index is 471. The number of halogens is 1. The first-order chi connectivity index (χ1) is 8.14. The van der Waals surface area contributed by atoms with Crippen molar-refractivity contribution >= 4 is 24.3 Å². The van der Waals surface area contributed by atoms with Crippen LogP contribution in [-0.2, 0) is 11.0 Å². The molecule has 2 atom stereocenters. The summed E-state index contributed by atoms with van der Waals surface area (Å²) in [7, 11) is 4.31. The second-order valence-electron chi connectivity index (χ2n) is 5.40. The van der Waals surface area contributed by atoms with Crippen LogP contribution in [0.4, 0.5) is 4.39 Å². The van der Waals surface area contributed by atoms with Crippen LogP contribution >= 0.6 is 0 Å². The van der Waals surface area contributed by atoms with Gasteiger partial charge < -0.3 is 0 Å². The summed E-state index contributed by atoms with van der Waals surface area (Å²) in [6, 6.07) is 3.11. The molecule has 1 N–H and O–H groups in total. The standard InChI is InChI=1S/C13H19BFNOS/c1-8-10(6-7-11(14)12(8)15)9(2)16-18(17)13(3,4)5/h6-7,9,16H,1-5H3/t9-,18?/m1/s1. The van der Waals surface area contributed by atoms with E-state index in [9.17, 15) is 8.60 Å². The first-order valence-corrected chi connectivity index (χ1v) is 7.02. The van der Waals surface area contributed by atoms with Crippen LogP contribution in [0.15, 0.2) is 12.1 Å².